The fraction of sp³-hybridized carbons (Fsp3) is 0.190. The molecule has 0 bridgehead atoms. The van der Waals surface area contributed by atoms with E-state index in [4.69, 9.17) is 5.14 Å². The van der Waals surface area contributed by atoms with Crippen LogP contribution in [0.25, 0.3) is 5.70 Å². The molecule has 1 aromatic heterocycles. The van der Waals surface area contributed by atoms with Gasteiger partial charge in [0.15, 0.2) is 0 Å². The monoisotopic (exact) mass is 453 g/mol. The zero-order valence-electron chi connectivity index (χ0n) is 18.1. The van der Waals surface area contributed by atoms with Crippen molar-refractivity contribution in [2.45, 2.75) is 18.7 Å². The van der Waals surface area contributed by atoms with Gasteiger partial charge in [0.1, 0.15) is 16.9 Å². The van der Waals surface area contributed by atoms with Crippen LogP contribution in [0.3, 0.4) is 0 Å². The van der Waals surface area contributed by atoms with Gasteiger partial charge >= 0.3 is 0 Å². The van der Waals surface area contributed by atoms with Crippen LogP contribution in [-0.2, 0) is 10.0 Å². The third-order valence-electron chi connectivity index (χ3n) is 5.41. The molecule has 0 fully saturated rings. The number of aryl methyl sites for hydroxylation is 1. The Morgan fingerprint density at radius 3 is 2.59 bits per heavy atom. The van der Waals surface area contributed by atoms with Crippen LogP contribution in [0.2, 0.25) is 0 Å². The van der Waals surface area contributed by atoms with Crippen molar-refractivity contribution < 1.29 is 13.2 Å². The summed E-state index contributed by atoms with van der Waals surface area (Å²) in [4.78, 5) is 10.6. The summed E-state index contributed by atoms with van der Waals surface area (Å²) < 4.78 is 22.8. The van der Waals surface area contributed by atoms with E-state index in [1.807, 2.05) is 30.1 Å². The summed E-state index contributed by atoms with van der Waals surface area (Å²) in [6, 6.07) is 12.2. The van der Waals surface area contributed by atoms with Gasteiger partial charge in [0.25, 0.3) is 0 Å². The van der Waals surface area contributed by atoms with E-state index in [-0.39, 0.29) is 10.8 Å². The molecule has 11 heteroatoms. The average molecular weight is 454 g/mol. The Kier molecular flexibility index (Phi) is 5.21. The predicted molar refractivity (Wildman–Crippen MR) is 122 cm³/mol. The van der Waals surface area contributed by atoms with Gasteiger partial charge in [-0.05, 0) is 48.9 Å². The van der Waals surface area contributed by atoms with Crippen LogP contribution in [0.1, 0.15) is 12.5 Å². The van der Waals surface area contributed by atoms with E-state index in [1.165, 1.54) is 13.1 Å². The van der Waals surface area contributed by atoms with Crippen molar-refractivity contribution in [3.63, 3.8) is 0 Å². The van der Waals surface area contributed by atoms with Crippen LogP contribution >= 0.6 is 0 Å². The molecule has 4 rings (SSSR count). The molecule has 3 N–H and O–H groups in total. The Balaban J connectivity index is 1.64. The molecule has 2 aromatic carbocycles. The number of anilines is 4. The van der Waals surface area contributed by atoms with Gasteiger partial charge in [0, 0.05) is 31.5 Å². The lowest BCUT2D eigenvalue weighted by Crippen LogP contribution is -2.27. The zero-order chi connectivity index (χ0) is 23.3. The minimum Gasteiger partial charge on any atom is -0.600 e. The Labute approximate surface area is 185 Å². The summed E-state index contributed by atoms with van der Waals surface area (Å²) in [6.45, 7) is 3.45. The lowest BCUT2D eigenvalue weighted by molar-refractivity contribution is -0.796. The first-order chi connectivity index (χ1) is 15.0. The molecule has 0 saturated carbocycles. The van der Waals surface area contributed by atoms with Gasteiger partial charge < -0.3 is 15.4 Å². The first-order valence-corrected chi connectivity index (χ1v) is 11.3. The second-order valence-electron chi connectivity index (χ2n) is 7.71. The van der Waals surface area contributed by atoms with Crippen LogP contribution in [0, 0.1) is 12.1 Å². The number of hydrogen-bond acceptors (Lipinski definition) is 8. The van der Waals surface area contributed by atoms with Crippen molar-refractivity contribution in [2.75, 3.05) is 24.3 Å². The Bertz CT molecular complexity index is 1450. The fourth-order valence-corrected chi connectivity index (χ4v) is 4.27. The SMILES string of the molecule is CC1=c2ccc(N(C)c3ccnc(Nc4ccc(C)c(S(N)(=O)=O)c4)n3)cc2=N[N+]1(C)[O-]. The molecule has 3 aromatic rings. The summed E-state index contributed by atoms with van der Waals surface area (Å²) in [5.74, 6) is 0.886. The van der Waals surface area contributed by atoms with Crippen LogP contribution in [0.5, 0.6) is 0 Å². The topological polar surface area (TPSA) is 137 Å². The number of rotatable bonds is 5. The van der Waals surface area contributed by atoms with Gasteiger partial charge in [-0.25, -0.2) is 23.3 Å². The highest BCUT2D eigenvalue weighted by atomic mass is 32.2. The molecule has 1 unspecified atom stereocenters. The molecule has 1 aliphatic rings. The van der Waals surface area contributed by atoms with Gasteiger partial charge in [-0.2, -0.15) is 4.98 Å². The first-order valence-electron chi connectivity index (χ1n) is 9.72. The third kappa shape index (κ3) is 4.06. The largest absolute Gasteiger partial charge is 0.600 e. The molecular weight excluding hydrogens is 430 g/mol. The molecule has 1 aliphatic heterocycles. The molecule has 0 spiro atoms. The molecule has 2 heterocycles. The number of nitrogens with zero attached hydrogens (tertiary/aromatic N) is 5. The maximum Gasteiger partial charge on any atom is 0.238 e. The van der Waals surface area contributed by atoms with Crippen LogP contribution in [-0.4, -0.2) is 37.2 Å². The molecule has 0 aliphatic carbocycles. The first kappa shape index (κ1) is 21.8. The number of quaternary nitrogens is 1. The molecule has 166 valence electrons. The number of benzene rings is 2. The molecule has 32 heavy (non-hydrogen) atoms. The second-order valence-corrected chi connectivity index (χ2v) is 9.24. The summed E-state index contributed by atoms with van der Waals surface area (Å²) in [5.41, 5.74) is 2.49. The van der Waals surface area contributed by atoms with Crippen molar-refractivity contribution in [2.24, 2.45) is 10.2 Å². The molecule has 0 radical (unpaired) electrons. The van der Waals surface area contributed by atoms with Gasteiger partial charge in [0.2, 0.25) is 16.0 Å². The number of sulfonamides is 1. The van der Waals surface area contributed by atoms with Crippen LogP contribution in [0.4, 0.5) is 23.1 Å². The van der Waals surface area contributed by atoms with E-state index in [0.717, 1.165) is 10.9 Å². The normalized spacial score (nSPS) is 17.6. The average Bonchev–Trinajstić information content (AvgIpc) is 2.96. The van der Waals surface area contributed by atoms with Gasteiger partial charge in [-0.3, -0.25) is 0 Å². The Hall–Kier alpha value is -3.38. The molecule has 0 saturated heterocycles. The van der Waals surface area contributed by atoms with Crippen molar-refractivity contribution >= 4 is 38.9 Å². The lowest BCUT2D eigenvalue weighted by Gasteiger charge is -2.27. The summed E-state index contributed by atoms with van der Waals surface area (Å²) in [6.07, 6.45) is 1.59. The minimum absolute atomic E-state index is 0.0357. The summed E-state index contributed by atoms with van der Waals surface area (Å²) >= 11 is 0. The van der Waals surface area contributed by atoms with E-state index in [9.17, 15) is 13.6 Å². The van der Waals surface area contributed by atoms with Crippen LogP contribution < -0.4 is 25.9 Å². The maximum atomic E-state index is 12.4. The highest BCUT2D eigenvalue weighted by molar-refractivity contribution is 7.89. The number of nitrogens with two attached hydrogens (primary N) is 1. The quantitative estimate of drug-likeness (QED) is 0.442. The highest BCUT2D eigenvalue weighted by Gasteiger charge is 2.21. The van der Waals surface area contributed by atoms with Crippen LogP contribution in [0.15, 0.2) is 58.7 Å². The molecule has 0 amide bonds. The Morgan fingerprint density at radius 1 is 1.12 bits per heavy atom. The van der Waals surface area contributed by atoms with Crippen molar-refractivity contribution in [3.05, 3.63) is 70.0 Å². The third-order valence-corrected chi connectivity index (χ3v) is 6.47. The predicted octanol–water partition coefficient (Wildman–Crippen LogP) is 1.56. The standard InChI is InChI=1S/C21H23N7O3S/c1-13-5-6-15(11-19(13)32(22,30)31)24-21-23-10-9-20(25-21)27(3)16-7-8-17-14(2)28(4,29)26-18(17)12-16/h5-12H,1-4H3,(H2,22,30,31)(H,23,24,25). The highest BCUT2D eigenvalue weighted by Crippen LogP contribution is 2.24. The number of hydroxylamine groups is 2. The van der Waals surface area contributed by atoms with Gasteiger partial charge in [-0.15, -0.1) is 0 Å². The smallest absolute Gasteiger partial charge is 0.238 e. The Morgan fingerprint density at radius 2 is 1.88 bits per heavy atom. The van der Waals surface area contributed by atoms with E-state index >= 15 is 0 Å². The van der Waals surface area contributed by atoms with Crippen molar-refractivity contribution in [1.29, 1.82) is 0 Å². The van der Waals surface area contributed by atoms with Crippen molar-refractivity contribution in [1.82, 2.24) is 9.97 Å². The van der Waals surface area contributed by atoms with Gasteiger partial charge in [-0.1, -0.05) is 11.2 Å². The number of hydrogen-bond donors (Lipinski definition) is 2. The number of primary sulfonamides is 1. The zero-order valence-corrected chi connectivity index (χ0v) is 18.9. The maximum absolute atomic E-state index is 12.4. The molecule has 1 atom stereocenters. The van der Waals surface area contributed by atoms with Gasteiger partial charge in [0.05, 0.1) is 17.2 Å². The molecular formula is C21H23N7O3S. The van der Waals surface area contributed by atoms with Crippen molar-refractivity contribution in [3.8, 4) is 0 Å². The minimum atomic E-state index is -3.85. The summed E-state index contributed by atoms with van der Waals surface area (Å²) in [7, 11) is -0.510. The number of aromatic nitrogens is 2. The van der Waals surface area contributed by atoms with E-state index in [1.54, 1.807) is 38.2 Å². The van der Waals surface area contributed by atoms with E-state index in [0.29, 0.717) is 28.1 Å². The fourth-order valence-electron chi connectivity index (χ4n) is 3.46. The lowest BCUT2D eigenvalue weighted by atomic mass is 10.2. The second kappa shape index (κ2) is 7.64. The molecule has 10 nitrogen and oxygen atoms in total. The number of nitrogens with one attached hydrogen (secondary N) is 1. The van der Waals surface area contributed by atoms with E-state index in [2.05, 4.69) is 20.4 Å². The number of fused-ring (bicyclic) bond motifs is 1. The van der Waals surface area contributed by atoms with E-state index < -0.39 is 14.8 Å². The summed E-state index contributed by atoms with van der Waals surface area (Å²) in [5, 5.41) is 26.4.